The van der Waals surface area contributed by atoms with Gasteiger partial charge in [0.05, 0.1) is 44.1 Å². The van der Waals surface area contributed by atoms with Gasteiger partial charge in [-0.25, -0.2) is 0 Å². The van der Waals surface area contributed by atoms with Gasteiger partial charge in [-0.2, -0.15) is 0 Å². The van der Waals surface area contributed by atoms with Crippen molar-refractivity contribution in [2.45, 2.75) is 24.3 Å². The highest BCUT2D eigenvalue weighted by atomic mass is 16.3. The Morgan fingerprint density at radius 3 is 1.57 bits per heavy atom. The second-order valence-electron chi connectivity index (χ2n) is 3.44. The maximum Gasteiger partial charge on any atom is 0.0992 e. The van der Waals surface area contributed by atoms with Gasteiger partial charge in [-0.1, -0.05) is 0 Å². The molecule has 0 bridgehead atoms. The molecule has 6 heteroatoms. The van der Waals surface area contributed by atoms with Crippen molar-refractivity contribution in [2.24, 2.45) is 0 Å². The molecular formula is C8H17NO5. The van der Waals surface area contributed by atoms with E-state index in [2.05, 4.69) is 0 Å². The number of aliphatic hydroxyl groups is 5. The Labute approximate surface area is 82.0 Å². The van der Waals surface area contributed by atoms with Gasteiger partial charge < -0.3 is 25.5 Å². The molecule has 0 amide bonds. The number of hydrogen-bond donors (Lipinski definition) is 5. The van der Waals surface area contributed by atoms with Crippen LogP contribution >= 0.6 is 0 Å². The minimum Gasteiger partial charge on any atom is -0.395 e. The van der Waals surface area contributed by atoms with Gasteiger partial charge in [-0.05, 0) is 0 Å². The van der Waals surface area contributed by atoms with Crippen molar-refractivity contribution in [1.82, 2.24) is 4.90 Å². The Kier molecular flexibility index (Phi) is 4.24. The first kappa shape index (κ1) is 11.8. The van der Waals surface area contributed by atoms with E-state index in [1.165, 1.54) is 4.90 Å². The summed E-state index contributed by atoms with van der Waals surface area (Å²) in [5.41, 5.74) is 0. The summed E-state index contributed by atoms with van der Waals surface area (Å²) < 4.78 is 0. The smallest absolute Gasteiger partial charge is 0.0992 e. The second kappa shape index (κ2) is 5.01. The van der Waals surface area contributed by atoms with E-state index in [0.717, 1.165) is 0 Å². The highest BCUT2D eigenvalue weighted by Crippen LogP contribution is 2.24. The zero-order valence-corrected chi connectivity index (χ0v) is 7.82. The van der Waals surface area contributed by atoms with E-state index < -0.39 is 24.3 Å². The van der Waals surface area contributed by atoms with Gasteiger partial charge in [0.1, 0.15) is 0 Å². The predicted molar refractivity (Wildman–Crippen MR) is 47.6 cm³/mol. The summed E-state index contributed by atoms with van der Waals surface area (Å²) in [6, 6.07) is -1.23. The predicted octanol–water partition coefficient (Wildman–Crippen LogP) is -3.26. The molecule has 1 rings (SSSR count). The summed E-state index contributed by atoms with van der Waals surface area (Å²) in [5.74, 6) is 0. The second-order valence-corrected chi connectivity index (χ2v) is 3.44. The first-order valence-electron chi connectivity index (χ1n) is 4.61. The Morgan fingerprint density at radius 1 is 0.857 bits per heavy atom. The Morgan fingerprint density at radius 2 is 1.29 bits per heavy atom. The molecule has 84 valence electrons. The topological polar surface area (TPSA) is 104 Å². The summed E-state index contributed by atoms with van der Waals surface area (Å²) in [6.07, 6.45) is -2.16. The van der Waals surface area contributed by atoms with Crippen molar-refractivity contribution in [3.63, 3.8) is 0 Å². The van der Waals surface area contributed by atoms with Crippen LogP contribution in [0.1, 0.15) is 0 Å². The van der Waals surface area contributed by atoms with Gasteiger partial charge in [0, 0.05) is 6.54 Å². The summed E-state index contributed by atoms with van der Waals surface area (Å²) in [4.78, 5) is 1.52. The minimum absolute atomic E-state index is 0.146. The molecule has 0 unspecified atom stereocenters. The van der Waals surface area contributed by atoms with Crippen molar-refractivity contribution in [3.8, 4) is 0 Å². The Hall–Kier alpha value is -0.240. The van der Waals surface area contributed by atoms with E-state index in [1.54, 1.807) is 0 Å². The summed E-state index contributed by atoms with van der Waals surface area (Å²) in [5, 5.41) is 45.8. The van der Waals surface area contributed by atoms with E-state index >= 15 is 0 Å². The molecule has 1 aliphatic rings. The summed E-state index contributed by atoms with van der Waals surface area (Å²) >= 11 is 0. The number of likely N-dealkylation sites (tertiary alicyclic amines) is 1. The number of nitrogens with zero attached hydrogens (tertiary/aromatic N) is 1. The van der Waals surface area contributed by atoms with Crippen LogP contribution in [0.25, 0.3) is 0 Å². The van der Waals surface area contributed by atoms with Gasteiger partial charge in [0.15, 0.2) is 0 Å². The standard InChI is InChI=1S/C8H17NO5/c10-2-1-9-5(3-11)7(13)8(14)6(9)4-12/h5-8,10-14H,1-4H2/t5-,6-,7-,8+/m1/s1. The highest BCUT2D eigenvalue weighted by molar-refractivity contribution is 5.00. The zero-order valence-electron chi connectivity index (χ0n) is 7.82. The van der Waals surface area contributed by atoms with Crippen LogP contribution < -0.4 is 0 Å². The molecule has 6 nitrogen and oxygen atoms in total. The summed E-state index contributed by atoms with van der Waals surface area (Å²) in [7, 11) is 0. The van der Waals surface area contributed by atoms with Gasteiger partial charge in [-0.15, -0.1) is 0 Å². The third-order valence-electron chi connectivity index (χ3n) is 2.72. The van der Waals surface area contributed by atoms with Crippen LogP contribution in [0.2, 0.25) is 0 Å². The molecule has 1 saturated heterocycles. The lowest BCUT2D eigenvalue weighted by Gasteiger charge is -2.27. The molecular weight excluding hydrogens is 190 g/mol. The quantitative estimate of drug-likeness (QED) is 0.331. The summed E-state index contributed by atoms with van der Waals surface area (Å²) in [6.45, 7) is -0.555. The van der Waals surface area contributed by atoms with Crippen LogP contribution in [-0.2, 0) is 0 Å². The molecule has 0 aromatic rings. The van der Waals surface area contributed by atoms with Crippen LogP contribution in [0, 0.1) is 0 Å². The maximum atomic E-state index is 9.51. The molecule has 1 aliphatic heterocycles. The van der Waals surface area contributed by atoms with Gasteiger partial charge in [0.2, 0.25) is 0 Å². The molecule has 5 N–H and O–H groups in total. The van der Waals surface area contributed by atoms with E-state index in [9.17, 15) is 10.2 Å². The molecule has 0 spiro atoms. The lowest BCUT2D eigenvalue weighted by molar-refractivity contribution is 0.0130. The molecule has 4 atom stereocenters. The lowest BCUT2D eigenvalue weighted by Crippen LogP contribution is -2.44. The average Bonchev–Trinajstić information content (AvgIpc) is 2.40. The molecule has 0 aromatic carbocycles. The fraction of sp³-hybridized carbons (Fsp3) is 1.00. The van der Waals surface area contributed by atoms with E-state index in [-0.39, 0.29) is 26.4 Å². The number of rotatable bonds is 4. The van der Waals surface area contributed by atoms with E-state index in [0.29, 0.717) is 0 Å². The molecule has 0 radical (unpaired) electrons. The largest absolute Gasteiger partial charge is 0.395 e. The lowest BCUT2D eigenvalue weighted by atomic mass is 10.1. The molecule has 1 heterocycles. The minimum atomic E-state index is -1.08. The fourth-order valence-electron chi connectivity index (χ4n) is 1.97. The number of aliphatic hydroxyl groups excluding tert-OH is 5. The van der Waals surface area contributed by atoms with E-state index in [4.69, 9.17) is 15.3 Å². The Bertz CT molecular complexity index is 163. The molecule has 0 aliphatic carbocycles. The van der Waals surface area contributed by atoms with Crippen molar-refractivity contribution in [3.05, 3.63) is 0 Å². The van der Waals surface area contributed by atoms with Crippen LogP contribution in [0.4, 0.5) is 0 Å². The average molecular weight is 207 g/mol. The fourth-order valence-corrected chi connectivity index (χ4v) is 1.97. The van der Waals surface area contributed by atoms with Crippen molar-refractivity contribution in [2.75, 3.05) is 26.4 Å². The van der Waals surface area contributed by atoms with Crippen LogP contribution in [0.15, 0.2) is 0 Å². The SMILES string of the molecule is OCCN1[C@H](CO)[C@H](O)[C@H](O)[C@H]1CO. The van der Waals surface area contributed by atoms with Gasteiger partial charge in [-0.3, -0.25) is 4.90 Å². The van der Waals surface area contributed by atoms with Crippen LogP contribution in [0.3, 0.4) is 0 Å². The van der Waals surface area contributed by atoms with Crippen molar-refractivity contribution < 1.29 is 25.5 Å². The van der Waals surface area contributed by atoms with Gasteiger partial charge >= 0.3 is 0 Å². The first-order chi connectivity index (χ1) is 6.67. The number of hydrogen-bond acceptors (Lipinski definition) is 6. The van der Waals surface area contributed by atoms with Crippen molar-refractivity contribution >= 4 is 0 Å². The maximum absolute atomic E-state index is 9.51. The van der Waals surface area contributed by atoms with Crippen LogP contribution in [-0.4, -0.2) is 81.1 Å². The zero-order chi connectivity index (χ0) is 10.7. The van der Waals surface area contributed by atoms with Crippen molar-refractivity contribution in [1.29, 1.82) is 0 Å². The van der Waals surface area contributed by atoms with Gasteiger partial charge in [0.25, 0.3) is 0 Å². The monoisotopic (exact) mass is 207 g/mol. The molecule has 1 fully saturated rings. The highest BCUT2D eigenvalue weighted by Gasteiger charge is 2.46. The Balaban J connectivity index is 2.74. The third-order valence-corrected chi connectivity index (χ3v) is 2.72. The normalized spacial score (nSPS) is 39.2. The molecule has 0 saturated carbocycles. The molecule has 0 aromatic heterocycles. The third kappa shape index (κ3) is 1.90. The van der Waals surface area contributed by atoms with Crippen LogP contribution in [0.5, 0.6) is 0 Å². The number of β-amino-alcohol motifs (C(OH)–C–C–N with tert-alkyl or cyclic N) is 1. The first-order valence-corrected chi connectivity index (χ1v) is 4.61. The van der Waals surface area contributed by atoms with E-state index in [1.807, 2.05) is 0 Å². The molecule has 14 heavy (non-hydrogen) atoms.